The summed E-state index contributed by atoms with van der Waals surface area (Å²) in [5, 5.41) is 14.4. The zero-order valence-corrected chi connectivity index (χ0v) is 12.7. The number of rotatable bonds is 4. The van der Waals surface area contributed by atoms with E-state index in [2.05, 4.69) is 25.6 Å². The van der Waals surface area contributed by atoms with Gasteiger partial charge >= 0.3 is 0 Å². The Bertz CT molecular complexity index is 975. The molecule has 0 fully saturated rings. The molecule has 0 atom stereocenters. The fraction of sp³-hybridized carbons (Fsp3) is 0.0588. The highest BCUT2D eigenvalue weighted by molar-refractivity contribution is 6.05. The van der Waals surface area contributed by atoms with Crippen LogP contribution in [-0.4, -0.2) is 30.9 Å². The molecule has 0 bridgehead atoms. The van der Waals surface area contributed by atoms with E-state index < -0.39 is 0 Å². The minimum Gasteiger partial charge on any atom is -0.307 e. The molecule has 7 heteroatoms. The van der Waals surface area contributed by atoms with Crippen molar-refractivity contribution in [3.63, 3.8) is 0 Å². The van der Waals surface area contributed by atoms with Crippen molar-refractivity contribution in [2.24, 2.45) is 0 Å². The molecule has 0 aliphatic carbocycles. The zero-order chi connectivity index (χ0) is 16.4. The highest BCUT2D eigenvalue weighted by Crippen LogP contribution is 2.15. The number of amides is 1. The normalized spacial score (nSPS) is 10.8. The van der Waals surface area contributed by atoms with Gasteiger partial charge in [-0.05, 0) is 11.6 Å². The molecule has 3 aromatic heterocycles. The molecule has 0 saturated carbocycles. The van der Waals surface area contributed by atoms with Crippen molar-refractivity contribution in [1.29, 1.82) is 0 Å². The SMILES string of the molecule is O=C(Nc1ccn[nH]1)c1cnc2c(cnn2Cc2ccccc2)c1. The van der Waals surface area contributed by atoms with E-state index in [4.69, 9.17) is 0 Å². The number of nitrogens with zero attached hydrogens (tertiary/aromatic N) is 4. The van der Waals surface area contributed by atoms with Crippen LogP contribution < -0.4 is 5.32 Å². The maximum absolute atomic E-state index is 12.2. The molecule has 118 valence electrons. The molecule has 4 rings (SSSR count). The highest BCUT2D eigenvalue weighted by Gasteiger charge is 2.11. The van der Waals surface area contributed by atoms with E-state index in [1.165, 1.54) is 0 Å². The van der Waals surface area contributed by atoms with Crippen LogP contribution in [0.3, 0.4) is 0 Å². The smallest absolute Gasteiger partial charge is 0.258 e. The largest absolute Gasteiger partial charge is 0.307 e. The maximum Gasteiger partial charge on any atom is 0.258 e. The number of anilines is 1. The van der Waals surface area contributed by atoms with Crippen LogP contribution in [0.2, 0.25) is 0 Å². The third-order valence-electron chi connectivity index (χ3n) is 3.66. The van der Waals surface area contributed by atoms with Gasteiger partial charge in [0.1, 0.15) is 5.82 Å². The minimum absolute atomic E-state index is 0.246. The molecule has 24 heavy (non-hydrogen) atoms. The van der Waals surface area contributed by atoms with Crippen LogP contribution >= 0.6 is 0 Å². The average molecular weight is 318 g/mol. The van der Waals surface area contributed by atoms with Gasteiger partial charge in [0.2, 0.25) is 0 Å². The third-order valence-corrected chi connectivity index (χ3v) is 3.66. The Morgan fingerprint density at radius 1 is 1.17 bits per heavy atom. The van der Waals surface area contributed by atoms with Crippen LogP contribution in [0.15, 0.2) is 61.1 Å². The standard InChI is InChI=1S/C17H14N6O/c24-17(21-15-6-7-19-22-15)14-8-13-10-20-23(16(13)18-9-14)11-12-4-2-1-3-5-12/h1-10H,11H2,(H2,19,21,22,24). The molecule has 0 aliphatic rings. The topological polar surface area (TPSA) is 88.5 Å². The molecular formula is C17H14N6O. The first-order valence-corrected chi connectivity index (χ1v) is 7.46. The fourth-order valence-electron chi connectivity index (χ4n) is 2.49. The second-order valence-corrected chi connectivity index (χ2v) is 5.35. The number of carbonyl (C=O) groups is 1. The number of carbonyl (C=O) groups excluding carboxylic acids is 1. The first-order chi connectivity index (χ1) is 11.8. The first kappa shape index (κ1) is 14.1. The molecule has 0 radical (unpaired) electrons. The van der Waals surface area contributed by atoms with Crippen LogP contribution in [0, 0.1) is 0 Å². The Labute approximate surface area is 137 Å². The Hall–Kier alpha value is -3.48. The fourth-order valence-corrected chi connectivity index (χ4v) is 2.49. The van der Waals surface area contributed by atoms with E-state index in [1.807, 2.05) is 35.0 Å². The molecule has 3 heterocycles. The number of hydrogen-bond acceptors (Lipinski definition) is 4. The zero-order valence-electron chi connectivity index (χ0n) is 12.7. The van der Waals surface area contributed by atoms with E-state index in [0.29, 0.717) is 17.9 Å². The van der Waals surface area contributed by atoms with Crippen LogP contribution in [0.1, 0.15) is 15.9 Å². The van der Waals surface area contributed by atoms with Gasteiger partial charge in [0.25, 0.3) is 5.91 Å². The van der Waals surface area contributed by atoms with Gasteiger partial charge in [0.15, 0.2) is 5.65 Å². The predicted molar refractivity (Wildman–Crippen MR) is 89.6 cm³/mol. The van der Waals surface area contributed by atoms with E-state index in [9.17, 15) is 4.79 Å². The molecule has 0 saturated heterocycles. The Balaban J connectivity index is 1.59. The summed E-state index contributed by atoms with van der Waals surface area (Å²) in [4.78, 5) is 16.6. The number of hydrogen-bond donors (Lipinski definition) is 2. The van der Waals surface area contributed by atoms with Gasteiger partial charge in [-0.2, -0.15) is 10.2 Å². The quantitative estimate of drug-likeness (QED) is 0.605. The second kappa shape index (κ2) is 5.96. The van der Waals surface area contributed by atoms with Crippen LogP contribution in [0.25, 0.3) is 11.0 Å². The lowest BCUT2D eigenvalue weighted by molar-refractivity contribution is 0.102. The number of nitrogens with one attached hydrogen (secondary N) is 2. The van der Waals surface area contributed by atoms with Gasteiger partial charge in [0.05, 0.1) is 24.5 Å². The summed E-state index contributed by atoms with van der Waals surface area (Å²) < 4.78 is 1.82. The summed E-state index contributed by atoms with van der Waals surface area (Å²) in [7, 11) is 0. The average Bonchev–Trinajstić information content (AvgIpc) is 3.25. The van der Waals surface area contributed by atoms with Gasteiger partial charge in [-0.1, -0.05) is 30.3 Å². The van der Waals surface area contributed by atoms with Crippen molar-refractivity contribution in [3.8, 4) is 0 Å². The van der Waals surface area contributed by atoms with Gasteiger partial charge < -0.3 is 5.32 Å². The van der Waals surface area contributed by atoms with Gasteiger partial charge in [0, 0.05) is 17.6 Å². The summed E-state index contributed by atoms with van der Waals surface area (Å²) in [6.45, 7) is 0.636. The molecule has 2 N–H and O–H groups in total. The molecule has 1 amide bonds. The van der Waals surface area contributed by atoms with Crippen molar-refractivity contribution in [2.45, 2.75) is 6.54 Å². The lowest BCUT2D eigenvalue weighted by Gasteiger charge is -2.04. The van der Waals surface area contributed by atoms with Crippen LogP contribution in [-0.2, 0) is 6.54 Å². The van der Waals surface area contributed by atoms with Gasteiger partial charge in [-0.15, -0.1) is 0 Å². The molecule has 0 unspecified atom stereocenters. The number of fused-ring (bicyclic) bond motifs is 1. The summed E-state index contributed by atoms with van der Waals surface area (Å²) in [6, 6.07) is 13.5. The van der Waals surface area contributed by atoms with E-state index >= 15 is 0 Å². The Kier molecular flexibility index (Phi) is 3.51. The molecule has 0 aliphatic heterocycles. The number of benzene rings is 1. The number of aromatic amines is 1. The molecule has 4 aromatic rings. The van der Waals surface area contributed by atoms with Gasteiger partial charge in [-0.3, -0.25) is 9.89 Å². The van der Waals surface area contributed by atoms with Crippen molar-refractivity contribution >= 4 is 22.8 Å². The summed E-state index contributed by atoms with van der Waals surface area (Å²) in [5.74, 6) is 0.296. The van der Waals surface area contributed by atoms with E-state index in [-0.39, 0.29) is 5.91 Å². The third kappa shape index (κ3) is 2.74. The lowest BCUT2D eigenvalue weighted by Crippen LogP contribution is -2.12. The summed E-state index contributed by atoms with van der Waals surface area (Å²) in [5.41, 5.74) is 2.36. The highest BCUT2D eigenvalue weighted by atomic mass is 16.1. The first-order valence-electron chi connectivity index (χ1n) is 7.46. The predicted octanol–water partition coefficient (Wildman–Crippen LogP) is 2.46. The summed E-state index contributed by atoms with van der Waals surface area (Å²) >= 11 is 0. The van der Waals surface area contributed by atoms with Crippen LogP contribution in [0.4, 0.5) is 5.82 Å². The molecule has 7 nitrogen and oxygen atoms in total. The Morgan fingerprint density at radius 3 is 2.83 bits per heavy atom. The number of aromatic nitrogens is 5. The molecular weight excluding hydrogens is 304 g/mol. The summed E-state index contributed by atoms with van der Waals surface area (Å²) in [6.07, 6.45) is 4.85. The monoisotopic (exact) mass is 318 g/mol. The molecule has 1 aromatic carbocycles. The van der Waals surface area contributed by atoms with Crippen molar-refractivity contribution in [2.75, 3.05) is 5.32 Å². The molecule has 0 spiro atoms. The van der Waals surface area contributed by atoms with Crippen molar-refractivity contribution in [1.82, 2.24) is 25.0 Å². The lowest BCUT2D eigenvalue weighted by atomic mass is 10.2. The maximum atomic E-state index is 12.2. The van der Waals surface area contributed by atoms with E-state index in [0.717, 1.165) is 16.6 Å². The van der Waals surface area contributed by atoms with E-state index in [1.54, 1.807) is 30.7 Å². The minimum atomic E-state index is -0.246. The van der Waals surface area contributed by atoms with Gasteiger partial charge in [-0.25, -0.2) is 9.67 Å². The second-order valence-electron chi connectivity index (χ2n) is 5.35. The Morgan fingerprint density at radius 2 is 2.04 bits per heavy atom. The van der Waals surface area contributed by atoms with Crippen molar-refractivity contribution in [3.05, 3.63) is 72.2 Å². The van der Waals surface area contributed by atoms with Crippen LogP contribution in [0.5, 0.6) is 0 Å². The number of H-pyrrole nitrogens is 1. The van der Waals surface area contributed by atoms with Crippen molar-refractivity contribution < 1.29 is 4.79 Å². The number of pyridine rings is 1.